The van der Waals surface area contributed by atoms with Gasteiger partial charge in [0.2, 0.25) is 5.91 Å². The Morgan fingerprint density at radius 3 is 3.12 bits per heavy atom. The van der Waals surface area contributed by atoms with Crippen LogP contribution in [0.15, 0.2) is 0 Å². The number of aliphatic hydroxyl groups excluding tert-OH is 1. The molecule has 0 aromatic rings. The van der Waals surface area contributed by atoms with Crippen molar-refractivity contribution in [3.8, 4) is 0 Å². The van der Waals surface area contributed by atoms with Gasteiger partial charge in [0.15, 0.2) is 0 Å². The molecule has 2 fully saturated rings. The molecule has 1 amide bonds. The van der Waals surface area contributed by atoms with Crippen molar-refractivity contribution in [2.24, 2.45) is 5.92 Å². The molecular weight excluding hydrogens is 220 g/mol. The maximum absolute atomic E-state index is 12.4. The zero-order valence-electron chi connectivity index (χ0n) is 10.4. The number of aliphatic hydroxyl groups is 1. The molecule has 5 heteroatoms. The number of amides is 1. The van der Waals surface area contributed by atoms with Crippen LogP contribution in [0.3, 0.4) is 0 Å². The van der Waals surface area contributed by atoms with Gasteiger partial charge in [-0.2, -0.15) is 0 Å². The lowest BCUT2D eigenvalue weighted by Crippen LogP contribution is -2.56. The van der Waals surface area contributed by atoms with E-state index < -0.39 is 0 Å². The number of nitrogens with one attached hydrogen (secondary N) is 1. The van der Waals surface area contributed by atoms with Crippen LogP contribution in [0.25, 0.3) is 0 Å². The molecule has 17 heavy (non-hydrogen) atoms. The van der Waals surface area contributed by atoms with Crippen molar-refractivity contribution in [3.63, 3.8) is 0 Å². The Kier molecular flexibility index (Phi) is 4.36. The molecule has 0 aromatic carbocycles. The monoisotopic (exact) mass is 242 g/mol. The first-order valence-corrected chi connectivity index (χ1v) is 6.47. The second kappa shape index (κ2) is 5.80. The van der Waals surface area contributed by atoms with Gasteiger partial charge in [0.25, 0.3) is 0 Å². The van der Waals surface area contributed by atoms with E-state index in [9.17, 15) is 4.79 Å². The van der Waals surface area contributed by atoms with Crippen molar-refractivity contribution in [1.82, 2.24) is 10.2 Å². The molecule has 2 saturated heterocycles. The number of hydrogen-bond acceptors (Lipinski definition) is 4. The highest BCUT2D eigenvalue weighted by molar-refractivity contribution is 5.82. The van der Waals surface area contributed by atoms with Gasteiger partial charge < -0.3 is 20.1 Å². The van der Waals surface area contributed by atoms with Crippen molar-refractivity contribution < 1.29 is 14.6 Å². The fraction of sp³-hybridized carbons (Fsp3) is 0.917. The van der Waals surface area contributed by atoms with E-state index in [1.165, 1.54) is 0 Å². The van der Waals surface area contributed by atoms with Gasteiger partial charge in [-0.1, -0.05) is 6.92 Å². The van der Waals surface area contributed by atoms with Gasteiger partial charge in [0.05, 0.1) is 25.4 Å². The number of carbonyl (C=O) groups is 1. The van der Waals surface area contributed by atoms with Crippen LogP contribution >= 0.6 is 0 Å². The molecule has 0 saturated carbocycles. The number of morpholine rings is 1. The largest absolute Gasteiger partial charge is 0.394 e. The molecule has 0 aromatic heterocycles. The minimum atomic E-state index is -0.216. The first kappa shape index (κ1) is 12.8. The van der Waals surface area contributed by atoms with Crippen molar-refractivity contribution in [2.75, 3.05) is 32.8 Å². The van der Waals surface area contributed by atoms with Crippen LogP contribution < -0.4 is 5.32 Å². The smallest absolute Gasteiger partial charge is 0.240 e. The first-order chi connectivity index (χ1) is 8.22. The fourth-order valence-electron chi connectivity index (χ4n) is 2.61. The van der Waals surface area contributed by atoms with Crippen molar-refractivity contribution in [1.29, 1.82) is 0 Å². The maximum Gasteiger partial charge on any atom is 0.240 e. The van der Waals surface area contributed by atoms with E-state index in [2.05, 4.69) is 12.2 Å². The predicted octanol–water partition coefficient (Wildman–Crippen LogP) is -0.406. The van der Waals surface area contributed by atoms with Crippen molar-refractivity contribution in [2.45, 2.75) is 31.9 Å². The lowest BCUT2D eigenvalue weighted by Gasteiger charge is -2.37. The van der Waals surface area contributed by atoms with E-state index in [1.807, 2.05) is 4.90 Å². The number of piperidine rings is 1. The maximum atomic E-state index is 12.4. The molecule has 98 valence electrons. The average Bonchev–Trinajstić information content (AvgIpc) is 2.38. The molecule has 3 unspecified atom stereocenters. The summed E-state index contributed by atoms with van der Waals surface area (Å²) in [5.74, 6) is 0.561. The molecule has 2 N–H and O–H groups in total. The van der Waals surface area contributed by atoms with Crippen molar-refractivity contribution >= 4 is 5.91 Å². The Morgan fingerprint density at radius 2 is 2.41 bits per heavy atom. The minimum absolute atomic E-state index is 0.0164. The highest BCUT2D eigenvalue weighted by atomic mass is 16.5. The van der Waals surface area contributed by atoms with Gasteiger partial charge >= 0.3 is 0 Å². The fourth-order valence-corrected chi connectivity index (χ4v) is 2.61. The summed E-state index contributed by atoms with van der Waals surface area (Å²) in [4.78, 5) is 14.2. The lowest BCUT2D eigenvalue weighted by atomic mass is 9.91. The molecule has 2 aliphatic rings. The topological polar surface area (TPSA) is 61.8 Å². The SMILES string of the molecule is CC1CCCNC1C(=O)N1CCOC(CO)C1. The quantitative estimate of drug-likeness (QED) is 0.691. The van der Waals surface area contributed by atoms with Crippen molar-refractivity contribution in [3.05, 3.63) is 0 Å². The summed E-state index contributed by atoms with van der Waals surface area (Å²) < 4.78 is 5.36. The molecule has 3 atom stereocenters. The van der Waals surface area contributed by atoms with E-state index in [0.717, 1.165) is 19.4 Å². The Morgan fingerprint density at radius 1 is 1.59 bits per heavy atom. The molecule has 5 nitrogen and oxygen atoms in total. The standard InChI is InChI=1S/C12H22N2O3/c1-9-3-2-4-13-11(9)12(16)14-5-6-17-10(7-14)8-15/h9-11,13,15H,2-8H2,1H3. The third-order valence-electron chi connectivity index (χ3n) is 3.69. The van der Waals surface area contributed by atoms with E-state index in [0.29, 0.717) is 25.6 Å². The van der Waals surface area contributed by atoms with E-state index >= 15 is 0 Å². The minimum Gasteiger partial charge on any atom is -0.394 e. The summed E-state index contributed by atoms with van der Waals surface area (Å²) in [6.45, 7) is 4.71. The molecule has 0 spiro atoms. The Bertz CT molecular complexity index is 272. The summed E-state index contributed by atoms with van der Waals surface area (Å²) in [6, 6.07) is -0.0545. The molecule has 2 heterocycles. The molecule has 2 aliphatic heterocycles. The zero-order valence-corrected chi connectivity index (χ0v) is 10.4. The van der Waals surface area contributed by atoms with E-state index in [4.69, 9.17) is 9.84 Å². The summed E-state index contributed by atoms with van der Waals surface area (Å²) in [6.07, 6.45) is 2.04. The number of hydrogen-bond donors (Lipinski definition) is 2. The van der Waals surface area contributed by atoms with Gasteiger partial charge in [-0.05, 0) is 25.3 Å². The summed E-state index contributed by atoms with van der Waals surface area (Å²) in [7, 11) is 0. The summed E-state index contributed by atoms with van der Waals surface area (Å²) in [5.41, 5.74) is 0. The predicted molar refractivity (Wildman–Crippen MR) is 63.6 cm³/mol. The summed E-state index contributed by atoms with van der Waals surface area (Å²) in [5, 5.41) is 12.4. The second-order valence-corrected chi connectivity index (χ2v) is 5.01. The highest BCUT2D eigenvalue weighted by Crippen LogP contribution is 2.18. The van der Waals surface area contributed by atoms with Gasteiger partial charge in [-0.25, -0.2) is 0 Å². The summed E-state index contributed by atoms with van der Waals surface area (Å²) >= 11 is 0. The number of carbonyl (C=O) groups excluding carboxylic acids is 1. The normalized spacial score (nSPS) is 34.7. The lowest BCUT2D eigenvalue weighted by molar-refractivity contribution is -0.144. The van der Waals surface area contributed by atoms with Crippen LogP contribution in [0.5, 0.6) is 0 Å². The second-order valence-electron chi connectivity index (χ2n) is 5.01. The third kappa shape index (κ3) is 2.97. The Labute approximate surface area is 102 Å². The number of ether oxygens (including phenoxy) is 1. The van der Waals surface area contributed by atoms with Crippen LogP contribution in [0.4, 0.5) is 0 Å². The molecule has 0 radical (unpaired) electrons. The van der Waals surface area contributed by atoms with Crippen LogP contribution in [0, 0.1) is 5.92 Å². The van der Waals surface area contributed by atoms with Crippen LogP contribution in [-0.4, -0.2) is 60.9 Å². The molecule has 2 rings (SSSR count). The Balaban J connectivity index is 1.93. The first-order valence-electron chi connectivity index (χ1n) is 6.47. The van der Waals surface area contributed by atoms with Crippen LogP contribution in [-0.2, 0) is 9.53 Å². The molecule has 0 bridgehead atoms. The van der Waals surface area contributed by atoms with Crippen LogP contribution in [0.1, 0.15) is 19.8 Å². The number of nitrogens with zero attached hydrogens (tertiary/aromatic N) is 1. The van der Waals surface area contributed by atoms with Gasteiger partial charge in [-0.15, -0.1) is 0 Å². The van der Waals surface area contributed by atoms with Gasteiger partial charge in [0.1, 0.15) is 0 Å². The third-order valence-corrected chi connectivity index (χ3v) is 3.69. The molecule has 0 aliphatic carbocycles. The molecular formula is C12H22N2O3. The zero-order chi connectivity index (χ0) is 12.3. The van der Waals surface area contributed by atoms with E-state index in [-0.39, 0.29) is 24.7 Å². The van der Waals surface area contributed by atoms with Gasteiger partial charge in [-0.3, -0.25) is 4.79 Å². The Hall–Kier alpha value is -0.650. The van der Waals surface area contributed by atoms with Crippen LogP contribution in [0.2, 0.25) is 0 Å². The number of rotatable bonds is 2. The highest BCUT2D eigenvalue weighted by Gasteiger charge is 2.33. The average molecular weight is 242 g/mol. The van der Waals surface area contributed by atoms with E-state index in [1.54, 1.807) is 0 Å². The van der Waals surface area contributed by atoms with Gasteiger partial charge in [0, 0.05) is 13.1 Å².